The zero-order chi connectivity index (χ0) is 11.3. The third kappa shape index (κ3) is 2.92. The maximum Gasteiger partial charge on any atom is 0.0896 e. The van der Waals surface area contributed by atoms with E-state index in [9.17, 15) is 10.2 Å². The van der Waals surface area contributed by atoms with Crippen LogP contribution < -0.4 is 0 Å². The third-order valence-electron chi connectivity index (χ3n) is 2.12. The molecule has 1 fully saturated rings. The number of hydrogen-bond acceptors (Lipinski definition) is 5. The van der Waals surface area contributed by atoms with E-state index in [1.165, 1.54) is 11.8 Å². The van der Waals surface area contributed by atoms with Crippen LogP contribution in [0.5, 0.6) is 0 Å². The Labute approximate surface area is 89.5 Å². The van der Waals surface area contributed by atoms with Crippen molar-refractivity contribution in [3.63, 3.8) is 0 Å². The SMILES string of the molecule is [N-]=[N+]=N[C@H]1CSC[C@H](N=[N+]=[N-])[C@@H](O)[C@@H]1O. The molecule has 9 heteroatoms. The molecule has 0 aromatic rings. The van der Waals surface area contributed by atoms with Crippen LogP contribution in [0.15, 0.2) is 10.2 Å². The van der Waals surface area contributed by atoms with Gasteiger partial charge in [0.05, 0.1) is 24.3 Å². The summed E-state index contributed by atoms with van der Waals surface area (Å²) in [5.41, 5.74) is 16.5. The second-order valence-electron chi connectivity index (χ2n) is 3.06. The van der Waals surface area contributed by atoms with Crippen molar-refractivity contribution < 1.29 is 10.2 Å². The molecule has 1 aliphatic heterocycles. The van der Waals surface area contributed by atoms with Gasteiger partial charge in [0.2, 0.25) is 0 Å². The lowest BCUT2D eigenvalue weighted by molar-refractivity contribution is 0.000155. The van der Waals surface area contributed by atoms with Crippen molar-refractivity contribution in [3.8, 4) is 0 Å². The van der Waals surface area contributed by atoms with Crippen molar-refractivity contribution in [2.24, 2.45) is 10.2 Å². The van der Waals surface area contributed by atoms with Crippen molar-refractivity contribution in [1.29, 1.82) is 0 Å². The lowest BCUT2D eigenvalue weighted by atomic mass is 10.0. The molecule has 4 atom stereocenters. The Kier molecular flexibility index (Phi) is 4.54. The molecule has 0 amide bonds. The van der Waals surface area contributed by atoms with Crippen LogP contribution in [0.3, 0.4) is 0 Å². The summed E-state index contributed by atoms with van der Waals surface area (Å²) in [6.45, 7) is 0. The Bertz CT molecular complexity index is 283. The standard InChI is InChI=1S/C6H10N6O2S/c7-11-9-3-1-15-2-4(10-12-8)6(14)5(3)13/h3-6,13-14H,1-2H2/t3-,4-,5+,6+/m0/s1. The Balaban J connectivity index is 2.81. The van der Waals surface area contributed by atoms with Gasteiger partial charge in [-0.15, -0.1) is 0 Å². The smallest absolute Gasteiger partial charge is 0.0896 e. The molecular weight excluding hydrogens is 220 g/mol. The maximum atomic E-state index is 9.63. The number of aliphatic hydroxyl groups is 2. The van der Waals surface area contributed by atoms with Crippen LogP contribution in [0.4, 0.5) is 0 Å². The van der Waals surface area contributed by atoms with E-state index in [1.54, 1.807) is 0 Å². The van der Waals surface area contributed by atoms with Crippen molar-refractivity contribution in [1.82, 2.24) is 0 Å². The molecule has 1 saturated heterocycles. The molecular formula is C6H10N6O2S. The summed E-state index contributed by atoms with van der Waals surface area (Å²) in [7, 11) is 0. The molecule has 0 bridgehead atoms. The highest BCUT2D eigenvalue weighted by atomic mass is 32.2. The summed E-state index contributed by atoms with van der Waals surface area (Å²) < 4.78 is 0. The monoisotopic (exact) mass is 230 g/mol. The molecule has 8 nitrogen and oxygen atoms in total. The van der Waals surface area contributed by atoms with Crippen molar-refractivity contribution in [3.05, 3.63) is 20.9 Å². The van der Waals surface area contributed by atoms with Gasteiger partial charge in [-0.05, 0) is 11.1 Å². The Morgan fingerprint density at radius 1 is 1.00 bits per heavy atom. The average Bonchev–Trinajstić information content (AvgIpc) is 2.35. The molecule has 0 aromatic heterocycles. The van der Waals surface area contributed by atoms with Gasteiger partial charge >= 0.3 is 0 Å². The van der Waals surface area contributed by atoms with Gasteiger partial charge in [0.1, 0.15) is 0 Å². The highest BCUT2D eigenvalue weighted by Gasteiger charge is 2.34. The van der Waals surface area contributed by atoms with Gasteiger partial charge in [-0.25, -0.2) is 0 Å². The molecule has 0 unspecified atom stereocenters. The van der Waals surface area contributed by atoms with Crippen molar-refractivity contribution in [2.45, 2.75) is 24.3 Å². The van der Waals surface area contributed by atoms with E-state index in [4.69, 9.17) is 11.1 Å². The van der Waals surface area contributed by atoms with Crippen LogP contribution in [0.25, 0.3) is 20.9 Å². The summed E-state index contributed by atoms with van der Waals surface area (Å²) >= 11 is 1.37. The molecule has 0 radical (unpaired) electrons. The van der Waals surface area contributed by atoms with E-state index >= 15 is 0 Å². The maximum absolute atomic E-state index is 9.63. The number of thioether (sulfide) groups is 1. The third-order valence-corrected chi connectivity index (χ3v) is 3.27. The van der Waals surface area contributed by atoms with Gasteiger partial charge in [0.15, 0.2) is 0 Å². The first-order valence-corrected chi connectivity index (χ1v) is 5.38. The van der Waals surface area contributed by atoms with Crippen LogP contribution in [0.1, 0.15) is 0 Å². The molecule has 0 aromatic carbocycles. The minimum atomic E-state index is -1.19. The number of hydrogen-bond donors (Lipinski definition) is 2. The topological polar surface area (TPSA) is 138 Å². The lowest BCUT2D eigenvalue weighted by Crippen LogP contribution is -2.42. The van der Waals surface area contributed by atoms with E-state index in [-0.39, 0.29) is 0 Å². The molecule has 82 valence electrons. The van der Waals surface area contributed by atoms with Crippen LogP contribution in [-0.4, -0.2) is 46.0 Å². The molecule has 0 saturated carbocycles. The summed E-state index contributed by atoms with van der Waals surface area (Å²) in [4.78, 5) is 5.19. The van der Waals surface area contributed by atoms with E-state index in [2.05, 4.69) is 20.1 Å². The first-order chi connectivity index (χ1) is 7.20. The van der Waals surface area contributed by atoms with Gasteiger partial charge in [-0.1, -0.05) is 10.2 Å². The fraction of sp³-hybridized carbons (Fsp3) is 1.00. The van der Waals surface area contributed by atoms with Gasteiger partial charge in [0, 0.05) is 21.3 Å². The van der Waals surface area contributed by atoms with Crippen molar-refractivity contribution >= 4 is 11.8 Å². The van der Waals surface area contributed by atoms with Crippen LogP contribution in [0.2, 0.25) is 0 Å². The molecule has 15 heavy (non-hydrogen) atoms. The average molecular weight is 230 g/mol. The first-order valence-electron chi connectivity index (χ1n) is 4.23. The molecule has 0 aliphatic carbocycles. The minimum Gasteiger partial charge on any atom is -0.390 e. The molecule has 1 heterocycles. The van der Waals surface area contributed by atoms with Gasteiger partial charge in [0.25, 0.3) is 0 Å². The second-order valence-corrected chi connectivity index (χ2v) is 4.14. The van der Waals surface area contributed by atoms with Gasteiger partial charge < -0.3 is 10.2 Å². The highest BCUT2D eigenvalue weighted by molar-refractivity contribution is 7.99. The van der Waals surface area contributed by atoms with Gasteiger partial charge in [-0.2, -0.15) is 11.8 Å². The largest absolute Gasteiger partial charge is 0.390 e. The number of aliphatic hydroxyl groups excluding tert-OH is 2. The van der Waals surface area contributed by atoms with E-state index in [0.717, 1.165) is 0 Å². The molecule has 1 aliphatic rings. The first kappa shape index (κ1) is 12.0. The summed E-state index contributed by atoms with van der Waals surface area (Å²) in [6, 6.07) is -1.37. The van der Waals surface area contributed by atoms with Crippen LogP contribution in [0, 0.1) is 0 Å². The molecule has 1 rings (SSSR count). The quantitative estimate of drug-likeness (QED) is 0.412. The van der Waals surface area contributed by atoms with Crippen molar-refractivity contribution in [2.75, 3.05) is 11.5 Å². The number of rotatable bonds is 2. The lowest BCUT2D eigenvalue weighted by Gasteiger charge is -2.22. The normalized spacial score (nSPS) is 35.9. The van der Waals surface area contributed by atoms with Gasteiger partial charge in [-0.3, -0.25) is 0 Å². The van der Waals surface area contributed by atoms with E-state index in [1.807, 2.05) is 0 Å². The Morgan fingerprint density at radius 2 is 1.40 bits per heavy atom. The second kappa shape index (κ2) is 5.69. The zero-order valence-electron chi connectivity index (χ0n) is 7.71. The molecule has 2 N–H and O–H groups in total. The fourth-order valence-electron chi connectivity index (χ4n) is 1.30. The number of azide groups is 2. The molecule has 0 spiro atoms. The highest BCUT2D eigenvalue weighted by Crippen LogP contribution is 2.23. The Hall–Kier alpha value is -1.11. The Morgan fingerprint density at radius 3 is 1.73 bits per heavy atom. The fourth-order valence-corrected chi connectivity index (χ4v) is 2.44. The van der Waals surface area contributed by atoms with Crippen LogP contribution in [-0.2, 0) is 0 Å². The van der Waals surface area contributed by atoms with E-state index in [0.29, 0.717) is 11.5 Å². The number of nitrogens with zero attached hydrogens (tertiary/aromatic N) is 6. The zero-order valence-corrected chi connectivity index (χ0v) is 8.53. The predicted molar refractivity (Wildman–Crippen MR) is 55.2 cm³/mol. The van der Waals surface area contributed by atoms with E-state index < -0.39 is 24.3 Å². The summed E-state index contributed by atoms with van der Waals surface area (Å²) in [6.07, 6.45) is -2.38. The minimum absolute atomic E-state index is 0.403. The van der Waals surface area contributed by atoms with Crippen LogP contribution >= 0.6 is 11.8 Å². The predicted octanol–water partition coefficient (Wildman–Crippen LogP) is 0.813. The summed E-state index contributed by atoms with van der Waals surface area (Å²) in [5.74, 6) is 0.805. The summed E-state index contributed by atoms with van der Waals surface area (Å²) in [5, 5.41) is 26.0.